The Hall–Kier alpha value is -2.28. The smallest absolute Gasteiger partial charge is 0.318 e. The molecule has 2 aliphatic heterocycles. The van der Waals surface area contributed by atoms with Crippen molar-refractivity contribution in [2.24, 2.45) is 11.8 Å². The fourth-order valence-electron chi connectivity index (χ4n) is 3.66. The van der Waals surface area contributed by atoms with Gasteiger partial charge in [0.15, 0.2) is 0 Å². The molecule has 3 rings (SSSR count). The molecule has 0 aliphatic carbocycles. The largest absolute Gasteiger partial charge is 0.481 e. The van der Waals surface area contributed by atoms with Crippen LogP contribution in [-0.4, -0.2) is 53.6 Å². The molecule has 1 aromatic carbocycles. The van der Waals surface area contributed by atoms with E-state index in [-0.39, 0.29) is 24.4 Å². The molecule has 0 aromatic heterocycles. The number of piperidine rings is 1. The van der Waals surface area contributed by atoms with Crippen molar-refractivity contribution >= 4 is 35.2 Å². The molecule has 2 heterocycles. The summed E-state index contributed by atoms with van der Waals surface area (Å²) in [5, 5.41) is 12.5. The number of urea groups is 1. The van der Waals surface area contributed by atoms with Gasteiger partial charge in [-0.25, -0.2) is 4.79 Å². The number of benzene rings is 1. The molecule has 0 radical (unpaired) electrons. The first-order valence-electron chi connectivity index (χ1n) is 8.71. The number of para-hydroxylation sites is 1. The number of likely N-dealkylation sites (tertiary alicyclic amines) is 1. The van der Waals surface area contributed by atoms with E-state index in [0.29, 0.717) is 36.6 Å². The third kappa shape index (κ3) is 3.77. The van der Waals surface area contributed by atoms with Gasteiger partial charge in [-0.15, -0.1) is 0 Å². The highest BCUT2D eigenvalue weighted by atomic mass is 35.5. The van der Waals surface area contributed by atoms with Crippen LogP contribution < -0.4 is 10.2 Å². The summed E-state index contributed by atoms with van der Waals surface area (Å²) in [4.78, 5) is 39.5. The number of hydrogen-bond acceptors (Lipinski definition) is 3. The van der Waals surface area contributed by atoms with Gasteiger partial charge in [0, 0.05) is 19.6 Å². The minimum Gasteiger partial charge on any atom is -0.481 e. The molecular weight excluding hydrogens is 358 g/mol. The molecule has 2 fully saturated rings. The number of amides is 3. The van der Waals surface area contributed by atoms with Gasteiger partial charge < -0.3 is 20.2 Å². The van der Waals surface area contributed by atoms with E-state index in [1.165, 1.54) is 4.90 Å². The first kappa shape index (κ1) is 18.5. The van der Waals surface area contributed by atoms with Gasteiger partial charge in [-0.2, -0.15) is 0 Å². The fourth-order valence-corrected chi connectivity index (χ4v) is 3.90. The van der Waals surface area contributed by atoms with Crippen LogP contribution in [0.3, 0.4) is 0 Å². The third-order valence-corrected chi connectivity index (χ3v) is 5.26. The Morgan fingerprint density at radius 2 is 2.00 bits per heavy atom. The Morgan fingerprint density at radius 1 is 1.27 bits per heavy atom. The monoisotopic (exact) mass is 379 g/mol. The van der Waals surface area contributed by atoms with E-state index >= 15 is 0 Å². The minimum absolute atomic E-state index is 0.106. The summed E-state index contributed by atoms with van der Waals surface area (Å²) >= 11 is 6.16. The number of carbonyl (C=O) groups is 3. The summed E-state index contributed by atoms with van der Waals surface area (Å²) in [6.07, 6.45) is 1.04. The summed E-state index contributed by atoms with van der Waals surface area (Å²) in [6, 6.07) is 6.08. The maximum Gasteiger partial charge on any atom is 0.318 e. The van der Waals surface area contributed by atoms with Crippen LogP contribution in [0, 0.1) is 11.8 Å². The molecule has 1 aromatic rings. The van der Waals surface area contributed by atoms with Crippen molar-refractivity contribution in [3.05, 3.63) is 29.3 Å². The molecule has 0 bridgehead atoms. The van der Waals surface area contributed by atoms with Crippen LogP contribution in [0.15, 0.2) is 24.3 Å². The molecule has 3 unspecified atom stereocenters. The van der Waals surface area contributed by atoms with Crippen LogP contribution in [0.25, 0.3) is 0 Å². The number of halogens is 1. The SMILES string of the molecule is CC1CC(C(=O)O)CN(C(=O)NC2CCN(c3ccccc3Cl)C2=O)C1. The summed E-state index contributed by atoms with van der Waals surface area (Å²) in [6.45, 7) is 3.06. The lowest BCUT2D eigenvalue weighted by Crippen LogP contribution is -2.53. The molecule has 3 atom stereocenters. The second-order valence-corrected chi connectivity index (χ2v) is 7.42. The van der Waals surface area contributed by atoms with E-state index in [2.05, 4.69) is 5.32 Å². The molecule has 0 saturated carbocycles. The second kappa shape index (κ2) is 7.53. The van der Waals surface area contributed by atoms with Crippen LogP contribution >= 0.6 is 11.6 Å². The standard InChI is InChI=1S/C18H22ClN3O4/c1-11-8-12(17(24)25)10-21(9-11)18(26)20-14-6-7-22(16(14)23)15-5-3-2-4-13(15)19/h2-5,11-12,14H,6-10H2,1H3,(H,20,26)(H,24,25). The molecule has 140 valence electrons. The normalized spacial score (nSPS) is 26.1. The van der Waals surface area contributed by atoms with E-state index in [0.717, 1.165) is 0 Å². The number of nitrogens with one attached hydrogen (secondary N) is 1. The lowest BCUT2D eigenvalue weighted by atomic mass is 9.91. The number of carboxylic acids is 1. The fraction of sp³-hybridized carbons (Fsp3) is 0.500. The summed E-state index contributed by atoms with van der Waals surface area (Å²) in [5.41, 5.74) is 0.633. The van der Waals surface area contributed by atoms with Crippen molar-refractivity contribution in [3.63, 3.8) is 0 Å². The Kier molecular flexibility index (Phi) is 5.36. The molecule has 2 aliphatic rings. The average molecular weight is 380 g/mol. The lowest BCUT2D eigenvalue weighted by Gasteiger charge is -2.35. The van der Waals surface area contributed by atoms with Crippen molar-refractivity contribution < 1.29 is 19.5 Å². The van der Waals surface area contributed by atoms with Gasteiger partial charge in [0.1, 0.15) is 6.04 Å². The number of anilines is 1. The summed E-state index contributed by atoms with van der Waals surface area (Å²) < 4.78 is 0. The Labute approximate surface area is 156 Å². The minimum atomic E-state index is -0.892. The van der Waals surface area contributed by atoms with Gasteiger partial charge in [-0.3, -0.25) is 9.59 Å². The molecule has 26 heavy (non-hydrogen) atoms. The zero-order valence-corrected chi connectivity index (χ0v) is 15.3. The number of nitrogens with zero attached hydrogens (tertiary/aromatic N) is 2. The highest BCUT2D eigenvalue weighted by molar-refractivity contribution is 6.34. The first-order chi connectivity index (χ1) is 12.4. The number of carboxylic acid groups (broad SMARTS) is 1. The maximum absolute atomic E-state index is 12.7. The van der Waals surface area contributed by atoms with Gasteiger partial charge in [0.2, 0.25) is 5.91 Å². The van der Waals surface area contributed by atoms with Crippen LogP contribution in [0.4, 0.5) is 10.5 Å². The summed E-state index contributed by atoms with van der Waals surface area (Å²) in [7, 11) is 0. The van der Waals surface area contributed by atoms with Gasteiger partial charge in [0.25, 0.3) is 0 Å². The zero-order valence-electron chi connectivity index (χ0n) is 14.5. The van der Waals surface area contributed by atoms with Gasteiger partial charge in [-0.1, -0.05) is 30.7 Å². The number of carbonyl (C=O) groups excluding carboxylic acids is 2. The van der Waals surface area contributed by atoms with E-state index in [4.69, 9.17) is 11.6 Å². The van der Waals surface area contributed by atoms with Crippen LogP contribution in [0.5, 0.6) is 0 Å². The van der Waals surface area contributed by atoms with Crippen LogP contribution in [-0.2, 0) is 9.59 Å². The zero-order chi connectivity index (χ0) is 18.8. The Balaban J connectivity index is 1.64. The number of rotatable bonds is 3. The lowest BCUT2D eigenvalue weighted by molar-refractivity contribution is -0.143. The van der Waals surface area contributed by atoms with Crippen LogP contribution in [0.2, 0.25) is 5.02 Å². The van der Waals surface area contributed by atoms with Crippen molar-refractivity contribution in [2.45, 2.75) is 25.8 Å². The molecule has 2 saturated heterocycles. The van der Waals surface area contributed by atoms with E-state index in [1.54, 1.807) is 23.1 Å². The molecular formula is C18H22ClN3O4. The average Bonchev–Trinajstić information content (AvgIpc) is 2.95. The molecule has 8 heteroatoms. The molecule has 3 amide bonds. The predicted molar refractivity (Wildman–Crippen MR) is 97.2 cm³/mol. The van der Waals surface area contributed by atoms with Gasteiger partial charge in [0.05, 0.1) is 16.6 Å². The highest BCUT2D eigenvalue weighted by Gasteiger charge is 2.37. The number of aliphatic carboxylic acids is 1. The maximum atomic E-state index is 12.7. The van der Waals surface area contributed by atoms with Gasteiger partial charge in [-0.05, 0) is 30.9 Å². The van der Waals surface area contributed by atoms with Crippen molar-refractivity contribution in [1.29, 1.82) is 0 Å². The third-order valence-electron chi connectivity index (χ3n) is 4.94. The van der Waals surface area contributed by atoms with E-state index in [1.807, 2.05) is 13.0 Å². The summed E-state index contributed by atoms with van der Waals surface area (Å²) in [5.74, 6) is -1.56. The van der Waals surface area contributed by atoms with Gasteiger partial charge >= 0.3 is 12.0 Å². The Bertz CT molecular complexity index is 726. The molecule has 2 N–H and O–H groups in total. The molecule has 0 spiro atoms. The van der Waals surface area contributed by atoms with E-state index in [9.17, 15) is 19.5 Å². The Morgan fingerprint density at radius 3 is 2.69 bits per heavy atom. The van der Waals surface area contributed by atoms with Crippen LogP contribution in [0.1, 0.15) is 19.8 Å². The second-order valence-electron chi connectivity index (χ2n) is 7.01. The quantitative estimate of drug-likeness (QED) is 0.842. The predicted octanol–water partition coefficient (Wildman–Crippen LogP) is 2.20. The van der Waals surface area contributed by atoms with Crippen molar-refractivity contribution in [1.82, 2.24) is 10.2 Å². The molecule has 7 nitrogen and oxygen atoms in total. The van der Waals surface area contributed by atoms with Crippen molar-refractivity contribution in [2.75, 3.05) is 24.5 Å². The van der Waals surface area contributed by atoms with Crippen molar-refractivity contribution in [3.8, 4) is 0 Å². The number of hydrogen-bond donors (Lipinski definition) is 2. The topological polar surface area (TPSA) is 89.9 Å². The van der Waals surface area contributed by atoms with E-state index < -0.39 is 17.9 Å². The highest BCUT2D eigenvalue weighted by Crippen LogP contribution is 2.29. The first-order valence-corrected chi connectivity index (χ1v) is 9.08.